The summed E-state index contributed by atoms with van der Waals surface area (Å²) in [5.74, 6) is -0.963. The maximum atomic E-state index is 12.2. The average Bonchev–Trinajstić information content (AvgIpc) is 2.25. The second-order valence-electron chi connectivity index (χ2n) is 6.22. The summed E-state index contributed by atoms with van der Waals surface area (Å²) in [5.41, 5.74) is -1.56. The Hall–Kier alpha value is -0.660. The zero-order valence-electron chi connectivity index (χ0n) is 12.0. The number of rotatable bonds is 4. The van der Waals surface area contributed by atoms with Crippen LogP contribution in [0, 0.1) is 5.41 Å². The number of methoxy groups -OCH3 is 1. The van der Waals surface area contributed by atoms with Gasteiger partial charge < -0.3 is 9.84 Å². The third-order valence-electron chi connectivity index (χ3n) is 3.32. The SMILES string of the molecule is COC1(C(=O)O)CCN(S(=O)(=O)CC(C)(C)C)CC1. The van der Waals surface area contributed by atoms with Gasteiger partial charge in [-0.15, -0.1) is 0 Å². The number of nitrogens with zero attached hydrogens (tertiary/aromatic N) is 1. The van der Waals surface area contributed by atoms with Gasteiger partial charge in [0.05, 0.1) is 5.75 Å². The molecular formula is C12H23NO5S. The number of ether oxygens (including phenoxy) is 1. The Balaban J connectivity index is 2.76. The number of carboxylic acids is 1. The van der Waals surface area contributed by atoms with Crippen LogP contribution in [0.15, 0.2) is 0 Å². The van der Waals surface area contributed by atoms with Gasteiger partial charge in [-0.05, 0) is 5.41 Å². The molecule has 1 aliphatic heterocycles. The van der Waals surface area contributed by atoms with Crippen LogP contribution in [0.2, 0.25) is 0 Å². The van der Waals surface area contributed by atoms with E-state index < -0.39 is 21.6 Å². The molecule has 1 aliphatic rings. The monoisotopic (exact) mass is 293 g/mol. The minimum absolute atomic E-state index is 0.0626. The summed E-state index contributed by atoms with van der Waals surface area (Å²) in [6, 6.07) is 0. The fraction of sp³-hybridized carbons (Fsp3) is 0.917. The molecular weight excluding hydrogens is 270 g/mol. The number of carboxylic acid groups (broad SMARTS) is 1. The molecule has 0 atom stereocenters. The molecule has 0 aliphatic carbocycles. The highest BCUT2D eigenvalue weighted by atomic mass is 32.2. The molecule has 19 heavy (non-hydrogen) atoms. The summed E-state index contributed by atoms with van der Waals surface area (Å²) in [4.78, 5) is 11.2. The van der Waals surface area contributed by atoms with Gasteiger partial charge in [-0.2, -0.15) is 0 Å². The van der Waals surface area contributed by atoms with Crippen molar-refractivity contribution >= 4 is 16.0 Å². The van der Waals surface area contributed by atoms with Gasteiger partial charge in [-0.1, -0.05) is 20.8 Å². The molecule has 0 radical (unpaired) electrons. The van der Waals surface area contributed by atoms with Gasteiger partial charge in [0.25, 0.3) is 0 Å². The van der Waals surface area contributed by atoms with Crippen LogP contribution >= 0.6 is 0 Å². The molecule has 1 rings (SSSR count). The summed E-state index contributed by atoms with van der Waals surface area (Å²) in [6.45, 7) is 5.98. The van der Waals surface area contributed by atoms with Gasteiger partial charge in [0, 0.05) is 33.0 Å². The first kappa shape index (κ1) is 16.4. The van der Waals surface area contributed by atoms with Crippen molar-refractivity contribution in [2.75, 3.05) is 26.0 Å². The van der Waals surface area contributed by atoms with Crippen LogP contribution < -0.4 is 0 Å². The number of carbonyl (C=O) groups is 1. The molecule has 0 bridgehead atoms. The number of aliphatic carboxylic acids is 1. The number of hydrogen-bond donors (Lipinski definition) is 1. The molecule has 112 valence electrons. The molecule has 1 heterocycles. The first-order valence-corrected chi connectivity index (χ1v) is 7.90. The van der Waals surface area contributed by atoms with Crippen molar-refractivity contribution in [2.24, 2.45) is 5.41 Å². The minimum Gasteiger partial charge on any atom is -0.479 e. The van der Waals surface area contributed by atoms with Crippen molar-refractivity contribution in [2.45, 2.75) is 39.2 Å². The highest BCUT2D eigenvalue weighted by Gasteiger charge is 2.44. The second kappa shape index (κ2) is 5.38. The van der Waals surface area contributed by atoms with Gasteiger partial charge in [-0.3, -0.25) is 0 Å². The Morgan fingerprint density at radius 2 is 1.79 bits per heavy atom. The van der Waals surface area contributed by atoms with Crippen molar-refractivity contribution < 1.29 is 23.1 Å². The molecule has 0 aromatic rings. The third-order valence-corrected chi connectivity index (χ3v) is 5.70. The first-order valence-electron chi connectivity index (χ1n) is 6.29. The van der Waals surface area contributed by atoms with Crippen LogP contribution in [0.3, 0.4) is 0 Å². The smallest absolute Gasteiger partial charge is 0.336 e. The Morgan fingerprint density at radius 1 is 1.32 bits per heavy atom. The van der Waals surface area contributed by atoms with E-state index in [0.29, 0.717) is 0 Å². The van der Waals surface area contributed by atoms with Crippen molar-refractivity contribution in [1.29, 1.82) is 0 Å². The molecule has 1 fully saturated rings. The van der Waals surface area contributed by atoms with E-state index in [2.05, 4.69) is 0 Å². The fourth-order valence-electron chi connectivity index (χ4n) is 2.27. The summed E-state index contributed by atoms with van der Waals surface area (Å²) < 4.78 is 30.9. The number of sulfonamides is 1. The van der Waals surface area contributed by atoms with Crippen LogP contribution in [0.25, 0.3) is 0 Å². The molecule has 0 saturated carbocycles. The van der Waals surface area contributed by atoms with Gasteiger partial charge in [0.1, 0.15) is 0 Å². The Kier molecular flexibility index (Phi) is 4.64. The zero-order valence-corrected chi connectivity index (χ0v) is 12.8. The van der Waals surface area contributed by atoms with Crippen LogP contribution in [0.1, 0.15) is 33.6 Å². The quantitative estimate of drug-likeness (QED) is 0.833. The summed E-state index contributed by atoms with van der Waals surface area (Å²) in [5, 5.41) is 9.17. The van der Waals surface area contributed by atoms with E-state index in [4.69, 9.17) is 4.74 Å². The fourth-order valence-corrected chi connectivity index (χ4v) is 4.29. The highest BCUT2D eigenvalue weighted by molar-refractivity contribution is 7.89. The minimum atomic E-state index is -3.34. The molecule has 0 amide bonds. The van der Waals surface area contributed by atoms with Crippen molar-refractivity contribution in [3.05, 3.63) is 0 Å². The highest BCUT2D eigenvalue weighted by Crippen LogP contribution is 2.29. The molecule has 0 spiro atoms. The third kappa shape index (κ3) is 3.90. The number of piperidine rings is 1. The molecule has 0 aromatic carbocycles. The lowest BCUT2D eigenvalue weighted by Gasteiger charge is -2.37. The molecule has 1 N–H and O–H groups in total. The van der Waals surface area contributed by atoms with E-state index in [1.54, 1.807) is 0 Å². The molecule has 0 unspecified atom stereocenters. The van der Waals surface area contributed by atoms with E-state index in [1.165, 1.54) is 11.4 Å². The molecule has 1 saturated heterocycles. The van der Waals surface area contributed by atoms with Crippen LogP contribution in [-0.2, 0) is 19.6 Å². The Morgan fingerprint density at radius 3 is 2.11 bits per heavy atom. The summed E-state index contributed by atoms with van der Waals surface area (Å²) >= 11 is 0. The van der Waals surface area contributed by atoms with Crippen molar-refractivity contribution in [3.63, 3.8) is 0 Å². The predicted molar refractivity (Wildman–Crippen MR) is 71.4 cm³/mol. The predicted octanol–water partition coefficient (Wildman–Crippen LogP) is 0.928. The zero-order chi connectivity index (χ0) is 14.9. The van der Waals surface area contributed by atoms with E-state index in [0.717, 1.165) is 0 Å². The molecule has 6 nitrogen and oxygen atoms in total. The van der Waals surface area contributed by atoms with E-state index in [9.17, 15) is 18.3 Å². The summed E-state index contributed by atoms with van der Waals surface area (Å²) in [7, 11) is -1.99. The summed E-state index contributed by atoms with van der Waals surface area (Å²) in [6.07, 6.45) is 0.365. The van der Waals surface area contributed by atoms with Gasteiger partial charge >= 0.3 is 5.97 Å². The largest absolute Gasteiger partial charge is 0.479 e. The Bertz CT molecular complexity index is 430. The maximum absolute atomic E-state index is 12.2. The topological polar surface area (TPSA) is 83.9 Å². The lowest BCUT2D eigenvalue weighted by atomic mass is 9.92. The van der Waals surface area contributed by atoms with E-state index >= 15 is 0 Å². The van der Waals surface area contributed by atoms with Gasteiger partial charge in [-0.25, -0.2) is 17.5 Å². The maximum Gasteiger partial charge on any atom is 0.336 e. The molecule has 7 heteroatoms. The van der Waals surface area contributed by atoms with Crippen LogP contribution in [-0.4, -0.2) is 55.4 Å². The first-order chi connectivity index (χ1) is 8.52. The van der Waals surface area contributed by atoms with Crippen LogP contribution in [0.4, 0.5) is 0 Å². The van der Waals surface area contributed by atoms with Gasteiger partial charge in [0.2, 0.25) is 10.0 Å². The lowest BCUT2D eigenvalue weighted by Crippen LogP contribution is -2.52. The van der Waals surface area contributed by atoms with Crippen molar-refractivity contribution in [1.82, 2.24) is 4.31 Å². The van der Waals surface area contributed by atoms with E-state index in [-0.39, 0.29) is 37.1 Å². The van der Waals surface area contributed by atoms with E-state index in [1.807, 2.05) is 20.8 Å². The normalized spacial score (nSPS) is 21.3. The standard InChI is InChI=1S/C12H23NO5S/c1-11(2,3)9-19(16,17)13-7-5-12(18-4,6-8-13)10(14)15/h5-9H2,1-4H3,(H,14,15). The lowest BCUT2D eigenvalue weighted by molar-refractivity contribution is -0.166. The molecule has 0 aromatic heterocycles. The van der Waals surface area contributed by atoms with Gasteiger partial charge in [0.15, 0.2) is 5.60 Å². The van der Waals surface area contributed by atoms with Crippen molar-refractivity contribution in [3.8, 4) is 0 Å². The number of hydrogen-bond acceptors (Lipinski definition) is 4. The van der Waals surface area contributed by atoms with Crippen LogP contribution in [0.5, 0.6) is 0 Å². The Labute approximate surface area is 114 Å². The average molecular weight is 293 g/mol. The second-order valence-corrected chi connectivity index (χ2v) is 8.19.